The van der Waals surface area contributed by atoms with E-state index in [0.29, 0.717) is 23.4 Å². The standard InChI is InChI=1S/C12H16ClN3O3S/c13-11-5-10(3-1-8(11)6-14)20(18,19)15-7-9-2-4-12(17)16-9/h1,3,5,9,15H,2,4,6-7,14H2,(H,16,17). The van der Waals surface area contributed by atoms with Gasteiger partial charge in [0.15, 0.2) is 0 Å². The van der Waals surface area contributed by atoms with Crippen LogP contribution in [0, 0.1) is 0 Å². The highest BCUT2D eigenvalue weighted by atomic mass is 35.5. The van der Waals surface area contributed by atoms with Crippen molar-refractivity contribution in [1.82, 2.24) is 10.0 Å². The Morgan fingerprint density at radius 2 is 2.20 bits per heavy atom. The first-order valence-corrected chi connectivity index (χ1v) is 8.06. The quantitative estimate of drug-likeness (QED) is 0.729. The number of halogens is 1. The van der Waals surface area contributed by atoms with Gasteiger partial charge in [-0.1, -0.05) is 17.7 Å². The summed E-state index contributed by atoms with van der Waals surface area (Å²) in [6.45, 7) is 0.422. The lowest BCUT2D eigenvalue weighted by molar-refractivity contribution is -0.119. The maximum absolute atomic E-state index is 12.1. The van der Waals surface area contributed by atoms with E-state index in [1.54, 1.807) is 6.07 Å². The van der Waals surface area contributed by atoms with E-state index in [1.807, 2.05) is 0 Å². The summed E-state index contributed by atoms with van der Waals surface area (Å²) >= 11 is 5.95. The summed E-state index contributed by atoms with van der Waals surface area (Å²) in [5.41, 5.74) is 6.16. The Morgan fingerprint density at radius 1 is 1.45 bits per heavy atom. The molecular formula is C12H16ClN3O3S. The molecule has 4 N–H and O–H groups in total. The van der Waals surface area contributed by atoms with Crippen LogP contribution in [-0.4, -0.2) is 26.9 Å². The van der Waals surface area contributed by atoms with Gasteiger partial charge in [0.1, 0.15) is 0 Å². The molecule has 0 radical (unpaired) electrons. The molecule has 1 aliphatic heterocycles. The lowest BCUT2D eigenvalue weighted by Crippen LogP contribution is -2.38. The molecule has 1 atom stereocenters. The Balaban J connectivity index is 2.06. The maximum Gasteiger partial charge on any atom is 0.240 e. The van der Waals surface area contributed by atoms with Gasteiger partial charge in [-0.25, -0.2) is 13.1 Å². The molecule has 0 aromatic heterocycles. The summed E-state index contributed by atoms with van der Waals surface area (Å²) < 4.78 is 26.7. The topological polar surface area (TPSA) is 101 Å². The molecule has 1 aromatic carbocycles. The molecule has 1 unspecified atom stereocenters. The zero-order valence-electron chi connectivity index (χ0n) is 10.7. The van der Waals surface area contributed by atoms with Crippen molar-refractivity contribution < 1.29 is 13.2 Å². The molecule has 1 heterocycles. The van der Waals surface area contributed by atoms with E-state index in [9.17, 15) is 13.2 Å². The van der Waals surface area contributed by atoms with Crippen LogP contribution in [0.1, 0.15) is 18.4 Å². The average Bonchev–Trinajstić information content (AvgIpc) is 2.82. The summed E-state index contributed by atoms with van der Waals surface area (Å²) in [5, 5.41) is 3.02. The van der Waals surface area contributed by atoms with E-state index in [0.717, 1.165) is 0 Å². The van der Waals surface area contributed by atoms with Gasteiger partial charge in [-0.2, -0.15) is 0 Å². The molecule has 1 aromatic rings. The number of hydrogen-bond donors (Lipinski definition) is 3. The summed E-state index contributed by atoms with van der Waals surface area (Å²) in [5.74, 6) is -0.0514. The van der Waals surface area contributed by atoms with E-state index < -0.39 is 10.0 Å². The predicted octanol–water partition coefficient (Wildman–Crippen LogP) is 0.356. The number of hydrogen-bond acceptors (Lipinski definition) is 4. The molecule has 6 nitrogen and oxygen atoms in total. The van der Waals surface area contributed by atoms with Gasteiger partial charge in [-0.15, -0.1) is 0 Å². The largest absolute Gasteiger partial charge is 0.352 e. The van der Waals surface area contributed by atoms with Crippen molar-refractivity contribution >= 4 is 27.5 Å². The minimum Gasteiger partial charge on any atom is -0.352 e. The molecule has 0 bridgehead atoms. The maximum atomic E-state index is 12.1. The fraction of sp³-hybridized carbons (Fsp3) is 0.417. The fourth-order valence-electron chi connectivity index (χ4n) is 1.98. The van der Waals surface area contributed by atoms with Crippen molar-refractivity contribution in [2.45, 2.75) is 30.3 Å². The van der Waals surface area contributed by atoms with E-state index in [4.69, 9.17) is 17.3 Å². The summed E-state index contributed by atoms with van der Waals surface area (Å²) in [6.07, 6.45) is 1.07. The molecule has 1 fully saturated rings. The Bertz CT molecular complexity index is 618. The SMILES string of the molecule is NCc1ccc(S(=O)(=O)NCC2CCC(=O)N2)cc1Cl. The van der Waals surface area contributed by atoms with Gasteiger partial charge in [0, 0.05) is 30.6 Å². The van der Waals surface area contributed by atoms with Crippen LogP contribution >= 0.6 is 11.6 Å². The normalized spacial score (nSPS) is 19.1. The Morgan fingerprint density at radius 3 is 2.75 bits per heavy atom. The second-order valence-electron chi connectivity index (χ2n) is 4.61. The minimum absolute atomic E-state index is 0.0514. The molecule has 8 heteroatoms. The van der Waals surface area contributed by atoms with Gasteiger partial charge in [0.05, 0.1) is 4.90 Å². The van der Waals surface area contributed by atoms with E-state index in [-0.39, 0.29) is 29.9 Å². The summed E-state index contributed by atoms with van der Waals surface area (Å²) in [6, 6.07) is 4.27. The molecule has 0 aliphatic carbocycles. The number of nitrogens with two attached hydrogens (primary N) is 1. The van der Waals surface area contributed by atoms with Gasteiger partial charge in [-0.3, -0.25) is 4.79 Å². The Kier molecular flexibility index (Phi) is 4.64. The number of carbonyl (C=O) groups excluding carboxylic acids is 1. The van der Waals surface area contributed by atoms with Crippen LogP contribution in [0.3, 0.4) is 0 Å². The van der Waals surface area contributed by atoms with Crippen LogP contribution in [0.15, 0.2) is 23.1 Å². The molecule has 1 saturated heterocycles. The highest BCUT2D eigenvalue weighted by Crippen LogP contribution is 2.20. The smallest absolute Gasteiger partial charge is 0.240 e. The van der Waals surface area contributed by atoms with Crippen LogP contribution in [0.4, 0.5) is 0 Å². The lowest BCUT2D eigenvalue weighted by atomic mass is 10.2. The van der Waals surface area contributed by atoms with Gasteiger partial charge in [-0.05, 0) is 24.1 Å². The van der Waals surface area contributed by atoms with Crippen molar-refractivity contribution in [3.8, 4) is 0 Å². The second-order valence-corrected chi connectivity index (χ2v) is 6.79. The Labute approximate surface area is 122 Å². The van der Waals surface area contributed by atoms with Crippen LogP contribution in [0.2, 0.25) is 5.02 Å². The molecule has 1 amide bonds. The number of sulfonamides is 1. The van der Waals surface area contributed by atoms with Gasteiger partial charge < -0.3 is 11.1 Å². The average molecular weight is 318 g/mol. The first-order valence-electron chi connectivity index (χ1n) is 6.20. The number of amides is 1. The first-order chi connectivity index (χ1) is 9.42. The van der Waals surface area contributed by atoms with E-state index in [2.05, 4.69) is 10.0 Å². The molecule has 0 spiro atoms. The van der Waals surface area contributed by atoms with Crippen molar-refractivity contribution in [3.63, 3.8) is 0 Å². The van der Waals surface area contributed by atoms with Crippen LogP contribution in [-0.2, 0) is 21.4 Å². The monoisotopic (exact) mass is 317 g/mol. The number of carbonyl (C=O) groups is 1. The zero-order valence-corrected chi connectivity index (χ0v) is 12.3. The molecule has 2 rings (SSSR count). The minimum atomic E-state index is -3.64. The lowest BCUT2D eigenvalue weighted by Gasteiger charge is -2.12. The van der Waals surface area contributed by atoms with Crippen LogP contribution in [0.25, 0.3) is 0 Å². The number of nitrogens with one attached hydrogen (secondary N) is 2. The van der Waals surface area contributed by atoms with Crippen molar-refractivity contribution in [3.05, 3.63) is 28.8 Å². The third kappa shape index (κ3) is 3.49. The molecule has 0 saturated carbocycles. The Hall–Kier alpha value is -1.15. The summed E-state index contributed by atoms with van der Waals surface area (Å²) in [7, 11) is -3.64. The van der Waals surface area contributed by atoms with E-state index >= 15 is 0 Å². The zero-order chi connectivity index (χ0) is 14.8. The molecule has 20 heavy (non-hydrogen) atoms. The van der Waals surface area contributed by atoms with Crippen molar-refractivity contribution in [2.24, 2.45) is 5.73 Å². The number of benzene rings is 1. The highest BCUT2D eigenvalue weighted by molar-refractivity contribution is 7.89. The number of rotatable bonds is 5. The second kappa shape index (κ2) is 6.09. The van der Waals surface area contributed by atoms with Crippen LogP contribution < -0.4 is 15.8 Å². The molecular weight excluding hydrogens is 302 g/mol. The predicted molar refractivity (Wildman–Crippen MR) is 75.7 cm³/mol. The third-order valence-corrected chi connectivity index (χ3v) is 4.93. The van der Waals surface area contributed by atoms with Crippen molar-refractivity contribution in [1.29, 1.82) is 0 Å². The van der Waals surface area contributed by atoms with E-state index in [1.165, 1.54) is 12.1 Å². The third-order valence-electron chi connectivity index (χ3n) is 3.16. The van der Waals surface area contributed by atoms with Crippen LogP contribution in [0.5, 0.6) is 0 Å². The highest BCUT2D eigenvalue weighted by Gasteiger charge is 2.23. The van der Waals surface area contributed by atoms with Gasteiger partial charge >= 0.3 is 0 Å². The summed E-state index contributed by atoms with van der Waals surface area (Å²) in [4.78, 5) is 11.1. The van der Waals surface area contributed by atoms with Gasteiger partial charge in [0.25, 0.3) is 0 Å². The first kappa shape index (κ1) is 15.2. The van der Waals surface area contributed by atoms with Crippen molar-refractivity contribution in [2.75, 3.05) is 6.54 Å². The van der Waals surface area contributed by atoms with Gasteiger partial charge in [0.2, 0.25) is 15.9 Å². The fourth-order valence-corrected chi connectivity index (χ4v) is 3.41. The molecule has 1 aliphatic rings. The molecule has 110 valence electrons.